The SMILES string of the molecule is CCCc1ccc(Sc2cccc(OCc3ccccc3)c2)cc1. The van der Waals surface area contributed by atoms with Gasteiger partial charge in [0.25, 0.3) is 0 Å². The average Bonchev–Trinajstić information content (AvgIpc) is 2.63. The van der Waals surface area contributed by atoms with Gasteiger partial charge in [0.05, 0.1) is 0 Å². The van der Waals surface area contributed by atoms with E-state index in [9.17, 15) is 0 Å². The summed E-state index contributed by atoms with van der Waals surface area (Å²) in [7, 11) is 0. The van der Waals surface area contributed by atoms with Crippen molar-refractivity contribution in [2.24, 2.45) is 0 Å². The maximum Gasteiger partial charge on any atom is 0.120 e. The van der Waals surface area contributed by atoms with E-state index in [0.717, 1.165) is 12.2 Å². The van der Waals surface area contributed by atoms with Crippen molar-refractivity contribution in [2.45, 2.75) is 36.2 Å². The van der Waals surface area contributed by atoms with Crippen LogP contribution in [0.2, 0.25) is 0 Å². The van der Waals surface area contributed by atoms with Crippen LogP contribution in [0.5, 0.6) is 5.75 Å². The third-order valence-corrected chi connectivity index (χ3v) is 4.75. The Morgan fingerprint density at radius 1 is 0.750 bits per heavy atom. The summed E-state index contributed by atoms with van der Waals surface area (Å²) in [5.41, 5.74) is 2.59. The zero-order valence-electron chi connectivity index (χ0n) is 13.9. The van der Waals surface area contributed by atoms with E-state index in [1.54, 1.807) is 11.8 Å². The molecule has 0 saturated heterocycles. The smallest absolute Gasteiger partial charge is 0.120 e. The molecule has 0 aliphatic heterocycles. The Balaban J connectivity index is 1.62. The van der Waals surface area contributed by atoms with E-state index in [-0.39, 0.29) is 0 Å². The lowest BCUT2D eigenvalue weighted by atomic mass is 10.1. The first-order valence-electron chi connectivity index (χ1n) is 8.37. The molecule has 0 spiro atoms. The average molecular weight is 334 g/mol. The summed E-state index contributed by atoms with van der Waals surface area (Å²) in [4.78, 5) is 2.46. The third kappa shape index (κ3) is 4.90. The number of hydrogen-bond donors (Lipinski definition) is 0. The molecule has 24 heavy (non-hydrogen) atoms. The van der Waals surface area contributed by atoms with Crippen LogP contribution in [-0.4, -0.2) is 0 Å². The first-order chi connectivity index (χ1) is 11.8. The predicted molar refractivity (Wildman–Crippen MR) is 102 cm³/mol. The first kappa shape index (κ1) is 16.7. The molecule has 0 bridgehead atoms. The van der Waals surface area contributed by atoms with Gasteiger partial charge >= 0.3 is 0 Å². The van der Waals surface area contributed by atoms with Crippen molar-refractivity contribution < 1.29 is 4.74 Å². The van der Waals surface area contributed by atoms with Crippen LogP contribution in [-0.2, 0) is 13.0 Å². The predicted octanol–water partition coefficient (Wildman–Crippen LogP) is 6.37. The molecule has 0 aromatic heterocycles. The van der Waals surface area contributed by atoms with Crippen LogP contribution in [0.25, 0.3) is 0 Å². The molecule has 122 valence electrons. The van der Waals surface area contributed by atoms with Gasteiger partial charge in [0.2, 0.25) is 0 Å². The van der Waals surface area contributed by atoms with Gasteiger partial charge in [0.1, 0.15) is 12.4 Å². The summed E-state index contributed by atoms with van der Waals surface area (Å²) in [6.45, 7) is 2.81. The second-order valence-electron chi connectivity index (χ2n) is 5.75. The van der Waals surface area contributed by atoms with Gasteiger partial charge in [-0.1, -0.05) is 73.6 Å². The van der Waals surface area contributed by atoms with E-state index >= 15 is 0 Å². The molecule has 0 unspecified atom stereocenters. The van der Waals surface area contributed by atoms with Crippen LogP contribution in [0.1, 0.15) is 24.5 Å². The number of benzene rings is 3. The van der Waals surface area contributed by atoms with Gasteiger partial charge in [-0.3, -0.25) is 0 Å². The van der Waals surface area contributed by atoms with Crippen molar-refractivity contribution in [3.63, 3.8) is 0 Å². The van der Waals surface area contributed by atoms with Crippen LogP contribution >= 0.6 is 11.8 Å². The fourth-order valence-corrected chi connectivity index (χ4v) is 3.38. The number of rotatable bonds is 7. The molecule has 0 atom stereocenters. The minimum Gasteiger partial charge on any atom is -0.489 e. The molecule has 0 heterocycles. The standard InChI is InChI=1S/C22H22OS/c1-2-7-18-12-14-21(15-13-18)24-22-11-6-10-20(16-22)23-17-19-8-4-3-5-9-19/h3-6,8-16H,2,7,17H2,1H3. The molecule has 0 aliphatic carbocycles. The Hall–Kier alpha value is -2.19. The highest BCUT2D eigenvalue weighted by Gasteiger charge is 2.01. The Morgan fingerprint density at radius 2 is 1.54 bits per heavy atom. The molecule has 3 rings (SSSR count). The molecule has 2 heteroatoms. The molecule has 0 N–H and O–H groups in total. The maximum absolute atomic E-state index is 5.91. The fourth-order valence-electron chi connectivity index (χ4n) is 2.52. The summed E-state index contributed by atoms with van der Waals surface area (Å²) in [5.74, 6) is 0.909. The van der Waals surface area contributed by atoms with E-state index in [0.29, 0.717) is 6.61 Å². The number of aryl methyl sites for hydroxylation is 1. The van der Waals surface area contributed by atoms with Crippen molar-refractivity contribution in [2.75, 3.05) is 0 Å². The summed E-state index contributed by atoms with van der Waals surface area (Å²) >= 11 is 1.77. The van der Waals surface area contributed by atoms with Gasteiger partial charge in [0, 0.05) is 9.79 Å². The Labute approximate surface area is 148 Å². The van der Waals surface area contributed by atoms with Crippen LogP contribution in [0, 0.1) is 0 Å². The first-order valence-corrected chi connectivity index (χ1v) is 9.19. The highest BCUT2D eigenvalue weighted by molar-refractivity contribution is 7.99. The van der Waals surface area contributed by atoms with E-state index in [4.69, 9.17) is 4.74 Å². The van der Waals surface area contributed by atoms with Crippen LogP contribution in [0.3, 0.4) is 0 Å². The van der Waals surface area contributed by atoms with Crippen LogP contribution in [0.15, 0.2) is 88.7 Å². The molecule has 0 aliphatic rings. The molecular formula is C22H22OS. The summed E-state index contributed by atoms with van der Waals surface area (Å²) in [6, 6.07) is 27.4. The Bertz CT molecular complexity index is 750. The maximum atomic E-state index is 5.91. The lowest BCUT2D eigenvalue weighted by Crippen LogP contribution is -1.94. The number of ether oxygens (including phenoxy) is 1. The molecule has 0 radical (unpaired) electrons. The van der Waals surface area contributed by atoms with E-state index in [2.05, 4.69) is 55.5 Å². The molecule has 1 nitrogen and oxygen atoms in total. The number of hydrogen-bond acceptors (Lipinski definition) is 2. The molecule has 0 amide bonds. The van der Waals surface area contributed by atoms with Gasteiger partial charge in [0.15, 0.2) is 0 Å². The monoisotopic (exact) mass is 334 g/mol. The third-order valence-electron chi connectivity index (χ3n) is 3.75. The summed E-state index contributed by atoms with van der Waals surface area (Å²) < 4.78 is 5.91. The Kier molecular flexibility index (Phi) is 5.97. The van der Waals surface area contributed by atoms with Crippen molar-refractivity contribution in [3.8, 4) is 5.75 Å². The molecule has 0 fully saturated rings. The van der Waals surface area contributed by atoms with Crippen LogP contribution < -0.4 is 4.74 Å². The molecular weight excluding hydrogens is 312 g/mol. The van der Waals surface area contributed by atoms with E-state index < -0.39 is 0 Å². The summed E-state index contributed by atoms with van der Waals surface area (Å²) in [5, 5.41) is 0. The van der Waals surface area contributed by atoms with Gasteiger partial charge in [-0.25, -0.2) is 0 Å². The van der Waals surface area contributed by atoms with Gasteiger partial charge < -0.3 is 4.74 Å². The molecule has 3 aromatic carbocycles. The molecule has 3 aromatic rings. The normalized spacial score (nSPS) is 10.5. The fraction of sp³-hybridized carbons (Fsp3) is 0.182. The highest BCUT2D eigenvalue weighted by Crippen LogP contribution is 2.30. The lowest BCUT2D eigenvalue weighted by Gasteiger charge is -2.08. The Morgan fingerprint density at radius 3 is 2.29 bits per heavy atom. The zero-order chi connectivity index (χ0) is 16.6. The van der Waals surface area contributed by atoms with E-state index in [1.807, 2.05) is 30.3 Å². The second-order valence-corrected chi connectivity index (χ2v) is 6.89. The van der Waals surface area contributed by atoms with Crippen molar-refractivity contribution in [3.05, 3.63) is 90.0 Å². The lowest BCUT2D eigenvalue weighted by molar-refractivity contribution is 0.305. The largest absolute Gasteiger partial charge is 0.489 e. The van der Waals surface area contributed by atoms with Gasteiger partial charge in [-0.15, -0.1) is 0 Å². The second kappa shape index (κ2) is 8.60. The van der Waals surface area contributed by atoms with Crippen LogP contribution in [0.4, 0.5) is 0 Å². The van der Waals surface area contributed by atoms with Crippen molar-refractivity contribution in [1.29, 1.82) is 0 Å². The van der Waals surface area contributed by atoms with Gasteiger partial charge in [-0.05, 0) is 47.9 Å². The van der Waals surface area contributed by atoms with E-state index in [1.165, 1.54) is 27.3 Å². The summed E-state index contributed by atoms with van der Waals surface area (Å²) in [6.07, 6.45) is 2.33. The zero-order valence-corrected chi connectivity index (χ0v) is 14.8. The molecule has 0 saturated carbocycles. The van der Waals surface area contributed by atoms with Gasteiger partial charge in [-0.2, -0.15) is 0 Å². The van der Waals surface area contributed by atoms with Crippen molar-refractivity contribution in [1.82, 2.24) is 0 Å². The minimum absolute atomic E-state index is 0.598. The highest BCUT2D eigenvalue weighted by atomic mass is 32.2. The van der Waals surface area contributed by atoms with Crippen molar-refractivity contribution >= 4 is 11.8 Å². The minimum atomic E-state index is 0.598. The quantitative estimate of drug-likeness (QED) is 0.496. The topological polar surface area (TPSA) is 9.23 Å².